The van der Waals surface area contributed by atoms with Crippen LogP contribution < -0.4 is 10.1 Å². The summed E-state index contributed by atoms with van der Waals surface area (Å²) in [6.45, 7) is -0.0570. The average Bonchev–Trinajstić information content (AvgIpc) is 3.06. The Bertz CT molecular complexity index is 692. The zero-order valence-corrected chi connectivity index (χ0v) is 13.0. The van der Waals surface area contributed by atoms with E-state index in [1.807, 2.05) is 0 Å². The van der Waals surface area contributed by atoms with Crippen molar-refractivity contribution in [2.75, 3.05) is 26.0 Å². The number of hydrogen-bond donors (Lipinski definition) is 1. The van der Waals surface area contributed by atoms with Crippen LogP contribution in [-0.4, -0.2) is 37.4 Å². The number of carbonyl (C=O) groups is 2. The Hall–Kier alpha value is -3.02. The highest BCUT2D eigenvalue weighted by Crippen LogP contribution is 2.16. The molecular weight excluding hydrogens is 296 g/mol. The zero-order valence-electron chi connectivity index (χ0n) is 13.0. The minimum absolute atomic E-state index is 0.0570. The molecule has 0 aliphatic rings. The van der Waals surface area contributed by atoms with Crippen molar-refractivity contribution < 1.29 is 18.7 Å². The van der Waals surface area contributed by atoms with Gasteiger partial charge in [-0.3, -0.25) is 9.59 Å². The summed E-state index contributed by atoms with van der Waals surface area (Å²) in [5.74, 6) is 0.642. The molecule has 6 nitrogen and oxygen atoms in total. The molecule has 2 rings (SSSR count). The minimum atomic E-state index is -0.291. The second-order valence-corrected chi connectivity index (χ2v) is 4.82. The molecule has 0 aliphatic carbocycles. The molecule has 0 spiro atoms. The summed E-state index contributed by atoms with van der Waals surface area (Å²) in [6, 6.07) is 10.5. The standard InChI is InChI=1S/C17H18N2O4/c1-19(17(21)9-8-14-7-4-10-23-14)12-16(20)18-13-5-3-6-15(11-13)22-2/h3-11H,12H2,1-2H3,(H,18,20). The molecule has 0 radical (unpaired) electrons. The van der Waals surface area contributed by atoms with Gasteiger partial charge in [0.05, 0.1) is 19.9 Å². The molecule has 2 aromatic rings. The van der Waals surface area contributed by atoms with Gasteiger partial charge in [-0.05, 0) is 30.3 Å². The van der Waals surface area contributed by atoms with Crippen LogP contribution in [0.1, 0.15) is 5.76 Å². The third-order valence-corrected chi connectivity index (χ3v) is 3.04. The van der Waals surface area contributed by atoms with E-state index in [0.717, 1.165) is 0 Å². The fourth-order valence-corrected chi connectivity index (χ4v) is 1.86. The number of furan rings is 1. The summed E-state index contributed by atoms with van der Waals surface area (Å²) in [7, 11) is 3.11. The SMILES string of the molecule is COc1cccc(NC(=O)CN(C)C(=O)C=Cc2ccco2)c1. The van der Waals surface area contributed by atoms with Gasteiger partial charge >= 0.3 is 0 Å². The van der Waals surface area contributed by atoms with E-state index >= 15 is 0 Å². The Labute approximate surface area is 134 Å². The third kappa shape index (κ3) is 5.03. The van der Waals surface area contributed by atoms with Crippen LogP contribution in [0.2, 0.25) is 0 Å². The number of amides is 2. The van der Waals surface area contributed by atoms with Crippen molar-refractivity contribution in [2.24, 2.45) is 0 Å². The first kappa shape index (κ1) is 16.4. The van der Waals surface area contributed by atoms with Crippen LogP contribution in [0.25, 0.3) is 6.08 Å². The van der Waals surface area contributed by atoms with Gasteiger partial charge < -0.3 is 19.4 Å². The molecule has 0 saturated carbocycles. The average molecular weight is 314 g/mol. The smallest absolute Gasteiger partial charge is 0.246 e. The van der Waals surface area contributed by atoms with Crippen molar-refractivity contribution in [3.05, 3.63) is 54.5 Å². The number of rotatable bonds is 6. The molecule has 0 aliphatic heterocycles. The summed E-state index contributed by atoms with van der Waals surface area (Å²) in [4.78, 5) is 25.2. The molecule has 0 atom stereocenters. The lowest BCUT2D eigenvalue weighted by Gasteiger charge is -2.15. The number of methoxy groups -OCH3 is 1. The van der Waals surface area contributed by atoms with Crippen LogP contribution >= 0.6 is 0 Å². The molecule has 0 fully saturated rings. The zero-order chi connectivity index (χ0) is 16.7. The van der Waals surface area contributed by atoms with Gasteiger partial charge in [0.2, 0.25) is 11.8 Å². The predicted octanol–water partition coefficient (Wildman–Crippen LogP) is 2.40. The number of ether oxygens (including phenoxy) is 1. The summed E-state index contributed by atoms with van der Waals surface area (Å²) in [6.07, 6.45) is 4.44. The topological polar surface area (TPSA) is 71.8 Å². The first-order chi connectivity index (χ1) is 11.1. The van der Waals surface area contributed by atoms with Gasteiger partial charge in [-0.25, -0.2) is 0 Å². The number of likely N-dealkylation sites (N-methyl/N-ethyl adjacent to an activating group) is 1. The summed E-state index contributed by atoms with van der Waals surface area (Å²) in [5, 5.41) is 2.72. The van der Waals surface area contributed by atoms with Gasteiger partial charge in [0, 0.05) is 24.9 Å². The van der Waals surface area contributed by atoms with Crippen molar-refractivity contribution in [1.29, 1.82) is 0 Å². The highest BCUT2D eigenvalue weighted by molar-refractivity contribution is 5.97. The van der Waals surface area contributed by atoms with Crippen molar-refractivity contribution in [2.45, 2.75) is 0 Å². The van der Waals surface area contributed by atoms with Crippen LogP contribution in [0.15, 0.2) is 53.2 Å². The van der Waals surface area contributed by atoms with Crippen LogP contribution in [0.3, 0.4) is 0 Å². The first-order valence-electron chi connectivity index (χ1n) is 6.99. The lowest BCUT2D eigenvalue weighted by atomic mass is 10.3. The van der Waals surface area contributed by atoms with E-state index in [0.29, 0.717) is 17.2 Å². The molecule has 1 aromatic carbocycles. The number of nitrogens with one attached hydrogen (secondary N) is 1. The normalized spacial score (nSPS) is 10.5. The molecule has 23 heavy (non-hydrogen) atoms. The molecular formula is C17H18N2O4. The van der Waals surface area contributed by atoms with E-state index in [4.69, 9.17) is 9.15 Å². The largest absolute Gasteiger partial charge is 0.497 e. The van der Waals surface area contributed by atoms with Crippen LogP contribution in [0.4, 0.5) is 5.69 Å². The molecule has 0 bridgehead atoms. The number of carbonyl (C=O) groups excluding carboxylic acids is 2. The molecule has 0 saturated heterocycles. The monoisotopic (exact) mass is 314 g/mol. The maximum absolute atomic E-state index is 12.0. The van der Waals surface area contributed by atoms with Crippen molar-refractivity contribution in [3.63, 3.8) is 0 Å². The summed E-state index contributed by atoms with van der Waals surface area (Å²) in [5.41, 5.74) is 0.612. The van der Waals surface area contributed by atoms with Gasteiger partial charge in [0.25, 0.3) is 0 Å². The van der Waals surface area contributed by atoms with Crippen LogP contribution in [0.5, 0.6) is 5.75 Å². The van der Waals surface area contributed by atoms with E-state index in [1.165, 1.54) is 17.2 Å². The number of hydrogen-bond acceptors (Lipinski definition) is 4. The van der Waals surface area contributed by atoms with Crippen LogP contribution in [0, 0.1) is 0 Å². The minimum Gasteiger partial charge on any atom is -0.497 e. The number of nitrogens with zero attached hydrogens (tertiary/aromatic N) is 1. The van der Waals surface area contributed by atoms with Crippen molar-refractivity contribution in [1.82, 2.24) is 4.90 Å². The molecule has 1 heterocycles. The molecule has 2 amide bonds. The lowest BCUT2D eigenvalue weighted by Crippen LogP contribution is -2.33. The number of anilines is 1. The fourth-order valence-electron chi connectivity index (χ4n) is 1.86. The quantitative estimate of drug-likeness (QED) is 0.831. The second kappa shape index (κ2) is 7.84. The first-order valence-corrected chi connectivity index (χ1v) is 6.99. The van der Waals surface area contributed by atoms with E-state index in [2.05, 4.69) is 5.32 Å². The Morgan fingerprint density at radius 2 is 2.13 bits per heavy atom. The van der Waals surface area contributed by atoms with E-state index < -0.39 is 0 Å². The van der Waals surface area contributed by atoms with Gasteiger partial charge in [0.15, 0.2) is 0 Å². The Morgan fingerprint density at radius 1 is 1.30 bits per heavy atom. The maximum Gasteiger partial charge on any atom is 0.246 e. The molecule has 120 valence electrons. The summed E-state index contributed by atoms with van der Waals surface area (Å²) < 4.78 is 10.2. The number of benzene rings is 1. The van der Waals surface area contributed by atoms with Crippen molar-refractivity contribution in [3.8, 4) is 5.75 Å². The van der Waals surface area contributed by atoms with E-state index in [9.17, 15) is 9.59 Å². The van der Waals surface area contributed by atoms with Crippen molar-refractivity contribution >= 4 is 23.6 Å². The summed E-state index contributed by atoms with van der Waals surface area (Å²) >= 11 is 0. The maximum atomic E-state index is 12.0. The molecule has 1 aromatic heterocycles. The van der Waals surface area contributed by atoms with Crippen LogP contribution in [-0.2, 0) is 9.59 Å². The third-order valence-electron chi connectivity index (χ3n) is 3.04. The Kier molecular flexibility index (Phi) is 5.57. The Balaban J connectivity index is 1.87. The van der Waals surface area contributed by atoms with Gasteiger partial charge in [-0.2, -0.15) is 0 Å². The molecule has 0 unspecified atom stereocenters. The van der Waals surface area contributed by atoms with E-state index in [1.54, 1.807) is 56.6 Å². The van der Waals surface area contributed by atoms with Gasteiger partial charge in [0.1, 0.15) is 11.5 Å². The fraction of sp³-hybridized carbons (Fsp3) is 0.176. The predicted molar refractivity (Wildman–Crippen MR) is 87.0 cm³/mol. The highest BCUT2D eigenvalue weighted by Gasteiger charge is 2.11. The van der Waals surface area contributed by atoms with Gasteiger partial charge in [-0.1, -0.05) is 6.07 Å². The second-order valence-electron chi connectivity index (χ2n) is 4.82. The van der Waals surface area contributed by atoms with Gasteiger partial charge in [-0.15, -0.1) is 0 Å². The highest BCUT2D eigenvalue weighted by atomic mass is 16.5. The molecule has 6 heteroatoms. The van der Waals surface area contributed by atoms with E-state index in [-0.39, 0.29) is 18.4 Å². The lowest BCUT2D eigenvalue weighted by molar-refractivity contribution is -0.129. The molecule has 1 N–H and O–H groups in total. The Morgan fingerprint density at radius 3 is 2.83 bits per heavy atom.